The smallest absolute Gasteiger partial charge is 0.234 e. The van der Waals surface area contributed by atoms with E-state index in [1.54, 1.807) is 18.2 Å². The van der Waals surface area contributed by atoms with Gasteiger partial charge in [-0.05, 0) is 29.8 Å². The van der Waals surface area contributed by atoms with Gasteiger partial charge in [-0.1, -0.05) is 53.0 Å². The molecule has 0 radical (unpaired) electrons. The van der Waals surface area contributed by atoms with Crippen molar-refractivity contribution in [3.8, 4) is 0 Å². The van der Waals surface area contributed by atoms with Gasteiger partial charge in [0.05, 0.1) is 15.8 Å². The van der Waals surface area contributed by atoms with Crippen LogP contribution in [-0.4, -0.2) is 11.7 Å². The van der Waals surface area contributed by atoms with Gasteiger partial charge >= 0.3 is 0 Å². The van der Waals surface area contributed by atoms with Gasteiger partial charge in [-0.25, -0.2) is 0 Å². The third-order valence-corrected chi connectivity index (χ3v) is 4.74. The summed E-state index contributed by atoms with van der Waals surface area (Å²) in [6.45, 7) is 0. The van der Waals surface area contributed by atoms with Crippen LogP contribution < -0.4 is 5.32 Å². The molecule has 0 aliphatic carbocycles. The van der Waals surface area contributed by atoms with Gasteiger partial charge in [0.1, 0.15) is 0 Å². The van der Waals surface area contributed by atoms with Crippen molar-refractivity contribution in [3.05, 3.63) is 63.1 Å². The Hall–Kier alpha value is -0.870. The Kier molecular flexibility index (Phi) is 6.24. The van der Waals surface area contributed by atoms with E-state index in [2.05, 4.69) is 5.32 Å². The molecule has 1 N–H and O–H groups in total. The number of hydrogen-bond donors (Lipinski definition) is 1. The van der Waals surface area contributed by atoms with Gasteiger partial charge < -0.3 is 5.32 Å². The molecule has 0 saturated heterocycles. The molecule has 0 atom stereocenters. The van der Waals surface area contributed by atoms with E-state index < -0.39 is 0 Å². The summed E-state index contributed by atoms with van der Waals surface area (Å²) in [4.78, 5) is 11.8. The van der Waals surface area contributed by atoms with E-state index in [0.29, 0.717) is 27.2 Å². The monoisotopic (exact) mass is 359 g/mol. The van der Waals surface area contributed by atoms with Crippen molar-refractivity contribution in [2.24, 2.45) is 0 Å². The highest BCUT2D eigenvalue weighted by Crippen LogP contribution is 2.25. The third-order valence-electron chi connectivity index (χ3n) is 2.65. The molecule has 0 heterocycles. The Morgan fingerprint density at radius 2 is 1.76 bits per heavy atom. The minimum Gasteiger partial charge on any atom is -0.325 e. The second-order valence-corrected chi connectivity index (χ2v) is 6.47. The lowest BCUT2D eigenvalue weighted by molar-refractivity contribution is -0.113. The molecule has 2 rings (SSSR count). The summed E-state index contributed by atoms with van der Waals surface area (Å²) in [6.07, 6.45) is 0. The summed E-state index contributed by atoms with van der Waals surface area (Å²) in [6, 6.07) is 12.6. The number of rotatable bonds is 5. The van der Waals surface area contributed by atoms with Crippen LogP contribution in [0.3, 0.4) is 0 Å². The highest BCUT2D eigenvalue weighted by Gasteiger charge is 2.06. The molecule has 6 heteroatoms. The molecule has 1 amide bonds. The highest BCUT2D eigenvalue weighted by atomic mass is 35.5. The zero-order valence-corrected chi connectivity index (χ0v) is 14.0. The van der Waals surface area contributed by atoms with Crippen molar-refractivity contribution in [1.29, 1.82) is 0 Å². The summed E-state index contributed by atoms with van der Waals surface area (Å²) >= 11 is 19.3. The van der Waals surface area contributed by atoms with Gasteiger partial charge in [0.2, 0.25) is 5.91 Å². The molecule has 0 aliphatic heterocycles. The van der Waals surface area contributed by atoms with Gasteiger partial charge in [-0.2, -0.15) is 0 Å². The molecule has 0 spiro atoms. The van der Waals surface area contributed by atoms with Gasteiger partial charge in [-0.3, -0.25) is 4.79 Å². The largest absolute Gasteiger partial charge is 0.325 e. The molecular formula is C15H12Cl3NOS. The fourth-order valence-corrected chi connectivity index (χ4v) is 3.05. The molecule has 0 unspecified atom stereocenters. The quantitative estimate of drug-likeness (QED) is 0.760. The van der Waals surface area contributed by atoms with E-state index in [1.807, 2.05) is 24.3 Å². The number of anilines is 1. The maximum Gasteiger partial charge on any atom is 0.234 e. The van der Waals surface area contributed by atoms with Crippen LogP contribution in [0.2, 0.25) is 15.1 Å². The Bertz CT molecular complexity index is 649. The van der Waals surface area contributed by atoms with E-state index in [-0.39, 0.29) is 5.91 Å². The number of carbonyl (C=O) groups excluding carboxylic acids is 1. The zero-order valence-electron chi connectivity index (χ0n) is 10.9. The Labute approximate surface area is 142 Å². The fourth-order valence-electron chi connectivity index (χ4n) is 1.64. The number of amides is 1. The van der Waals surface area contributed by atoms with Crippen LogP contribution in [-0.2, 0) is 10.5 Å². The van der Waals surface area contributed by atoms with Crippen molar-refractivity contribution in [2.45, 2.75) is 5.75 Å². The summed E-state index contributed by atoms with van der Waals surface area (Å²) < 4.78 is 0. The predicted octanol–water partition coefficient (Wildman–Crippen LogP) is 5.52. The number of thioether (sulfide) groups is 1. The molecule has 0 fully saturated rings. The van der Waals surface area contributed by atoms with Crippen molar-refractivity contribution < 1.29 is 4.79 Å². The molecule has 0 aliphatic rings. The van der Waals surface area contributed by atoms with Crippen molar-refractivity contribution in [1.82, 2.24) is 0 Å². The predicted molar refractivity (Wildman–Crippen MR) is 92.7 cm³/mol. The first-order chi connectivity index (χ1) is 10.1. The highest BCUT2D eigenvalue weighted by molar-refractivity contribution is 7.99. The number of benzene rings is 2. The van der Waals surface area contributed by atoms with Crippen LogP contribution in [0.25, 0.3) is 0 Å². The van der Waals surface area contributed by atoms with Gasteiger partial charge in [-0.15, -0.1) is 11.8 Å². The standard InChI is InChI=1S/C15H12Cl3NOS/c16-12-4-2-1-3-10(12)8-21-9-15(20)19-11-5-6-13(17)14(18)7-11/h1-7H,8-9H2,(H,19,20). The topological polar surface area (TPSA) is 29.1 Å². The number of halogens is 3. The Balaban J connectivity index is 1.82. The number of carbonyl (C=O) groups is 1. The SMILES string of the molecule is O=C(CSCc1ccccc1Cl)Nc1ccc(Cl)c(Cl)c1. The molecule has 110 valence electrons. The maximum absolute atomic E-state index is 11.8. The molecule has 21 heavy (non-hydrogen) atoms. The molecule has 2 aromatic rings. The molecular weight excluding hydrogens is 349 g/mol. The van der Waals surface area contributed by atoms with Crippen LogP contribution in [0.5, 0.6) is 0 Å². The van der Waals surface area contributed by atoms with Crippen LogP contribution in [0.4, 0.5) is 5.69 Å². The summed E-state index contributed by atoms with van der Waals surface area (Å²) in [7, 11) is 0. The van der Waals surface area contributed by atoms with Crippen LogP contribution in [0.1, 0.15) is 5.56 Å². The van der Waals surface area contributed by atoms with E-state index >= 15 is 0 Å². The van der Waals surface area contributed by atoms with Crippen LogP contribution in [0, 0.1) is 0 Å². The number of hydrogen-bond acceptors (Lipinski definition) is 2. The lowest BCUT2D eigenvalue weighted by atomic mass is 10.2. The Morgan fingerprint density at radius 3 is 2.48 bits per heavy atom. The van der Waals surface area contributed by atoms with Crippen LogP contribution >= 0.6 is 46.6 Å². The van der Waals surface area contributed by atoms with Gasteiger partial charge in [0.25, 0.3) is 0 Å². The lowest BCUT2D eigenvalue weighted by Crippen LogP contribution is -2.14. The van der Waals surface area contributed by atoms with E-state index in [9.17, 15) is 4.79 Å². The lowest BCUT2D eigenvalue weighted by Gasteiger charge is -2.07. The molecule has 0 saturated carbocycles. The molecule has 0 aromatic heterocycles. The van der Waals surface area contributed by atoms with E-state index in [4.69, 9.17) is 34.8 Å². The fraction of sp³-hybridized carbons (Fsp3) is 0.133. The van der Waals surface area contributed by atoms with Crippen molar-refractivity contribution >= 4 is 58.2 Å². The van der Waals surface area contributed by atoms with Crippen LogP contribution in [0.15, 0.2) is 42.5 Å². The first-order valence-corrected chi connectivity index (χ1v) is 8.41. The van der Waals surface area contributed by atoms with E-state index in [0.717, 1.165) is 10.6 Å². The first-order valence-electron chi connectivity index (χ1n) is 6.12. The minimum atomic E-state index is -0.0922. The van der Waals surface area contributed by atoms with Gasteiger partial charge in [0, 0.05) is 16.5 Å². The second kappa shape index (κ2) is 7.95. The summed E-state index contributed by atoms with van der Waals surface area (Å²) in [5.41, 5.74) is 1.65. The second-order valence-electron chi connectivity index (χ2n) is 4.26. The van der Waals surface area contributed by atoms with Gasteiger partial charge in [0.15, 0.2) is 0 Å². The zero-order chi connectivity index (χ0) is 15.2. The average molecular weight is 361 g/mol. The summed E-state index contributed by atoms with van der Waals surface area (Å²) in [5.74, 6) is 0.936. The molecule has 0 bridgehead atoms. The normalized spacial score (nSPS) is 10.4. The molecule has 2 nitrogen and oxygen atoms in total. The Morgan fingerprint density at radius 1 is 1.00 bits per heavy atom. The van der Waals surface area contributed by atoms with Crippen molar-refractivity contribution in [3.63, 3.8) is 0 Å². The average Bonchev–Trinajstić information content (AvgIpc) is 2.45. The van der Waals surface area contributed by atoms with Crippen molar-refractivity contribution in [2.75, 3.05) is 11.1 Å². The van der Waals surface area contributed by atoms with E-state index in [1.165, 1.54) is 11.8 Å². The third kappa shape index (κ3) is 5.11. The first kappa shape index (κ1) is 16.5. The maximum atomic E-state index is 11.8. The minimum absolute atomic E-state index is 0.0922. The molecule has 2 aromatic carbocycles. The summed E-state index contributed by atoms with van der Waals surface area (Å²) in [5, 5.41) is 4.37. The number of nitrogens with one attached hydrogen (secondary N) is 1.